The minimum absolute atomic E-state index is 0.176. The van der Waals surface area contributed by atoms with Gasteiger partial charge in [-0.05, 0) is 29.8 Å². The topological polar surface area (TPSA) is 43.8 Å². The fourth-order valence-electron chi connectivity index (χ4n) is 2.11. The lowest BCUT2D eigenvalue weighted by atomic mass is 10.0. The molecular weight excluding hydrogens is 314 g/mol. The third-order valence-corrected chi connectivity index (χ3v) is 3.68. The number of para-hydroxylation sites is 1. The molecule has 0 fully saturated rings. The van der Waals surface area contributed by atoms with Gasteiger partial charge < -0.3 is 5.73 Å². The number of hydrogen-bond acceptors (Lipinski definition) is 2. The summed E-state index contributed by atoms with van der Waals surface area (Å²) in [7, 11) is 0. The third-order valence-electron chi connectivity index (χ3n) is 3.19. The second-order valence-electron chi connectivity index (χ2n) is 4.59. The first kappa shape index (κ1) is 13.1. The van der Waals surface area contributed by atoms with E-state index in [1.54, 1.807) is 0 Å². The van der Waals surface area contributed by atoms with Gasteiger partial charge in [-0.2, -0.15) is 5.10 Å². The number of nitrogens with zero attached hydrogens (tertiary/aromatic N) is 2. The van der Waals surface area contributed by atoms with Crippen molar-refractivity contribution in [1.82, 2.24) is 9.78 Å². The van der Waals surface area contributed by atoms with E-state index in [9.17, 15) is 0 Å². The number of benzene rings is 2. The van der Waals surface area contributed by atoms with Crippen molar-refractivity contribution in [1.29, 1.82) is 0 Å². The fourth-order valence-corrected chi connectivity index (χ4v) is 2.53. The second-order valence-corrected chi connectivity index (χ2v) is 5.50. The van der Waals surface area contributed by atoms with Crippen molar-refractivity contribution < 1.29 is 0 Å². The van der Waals surface area contributed by atoms with Crippen LogP contribution in [0.15, 0.2) is 71.5 Å². The van der Waals surface area contributed by atoms with Crippen molar-refractivity contribution >= 4 is 15.9 Å². The van der Waals surface area contributed by atoms with Crippen LogP contribution in [0.25, 0.3) is 5.69 Å². The monoisotopic (exact) mass is 327 g/mol. The van der Waals surface area contributed by atoms with Crippen molar-refractivity contribution in [2.75, 3.05) is 0 Å². The van der Waals surface area contributed by atoms with Crippen molar-refractivity contribution in [3.05, 3.63) is 82.6 Å². The Morgan fingerprint density at radius 2 is 1.80 bits per heavy atom. The van der Waals surface area contributed by atoms with Gasteiger partial charge in [-0.25, -0.2) is 4.68 Å². The van der Waals surface area contributed by atoms with Crippen LogP contribution in [-0.4, -0.2) is 9.78 Å². The zero-order valence-corrected chi connectivity index (χ0v) is 12.4. The Morgan fingerprint density at radius 1 is 1.00 bits per heavy atom. The lowest BCUT2D eigenvalue weighted by molar-refractivity contribution is 0.861. The van der Waals surface area contributed by atoms with Gasteiger partial charge in [0.15, 0.2) is 0 Å². The molecular formula is C16H14BrN3. The van der Waals surface area contributed by atoms with Gasteiger partial charge in [0.1, 0.15) is 0 Å². The Bertz CT molecular complexity index is 707. The van der Waals surface area contributed by atoms with E-state index in [-0.39, 0.29) is 6.04 Å². The van der Waals surface area contributed by atoms with Crippen LogP contribution in [0.1, 0.15) is 17.2 Å². The molecule has 4 heteroatoms. The first-order chi connectivity index (χ1) is 9.74. The zero-order chi connectivity index (χ0) is 13.9. The van der Waals surface area contributed by atoms with Gasteiger partial charge in [0.25, 0.3) is 0 Å². The smallest absolute Gasteiger partial charge is 0.0645 e. The molecule has 0 spiro atoms. The standard InChI is InChI=1S/C16H14BrN3/c17-14-6-4-5-12(9-14)16(18)13-10-19-20(11-13)15-7-2-1-3-8-15/h1-11,16H,18H2. The summed E-state index contributed by atoms with van der Waals surface area (Å²) in [6.45, 7) is 0. The van der Waals surface area contributed by atoms with Crippen molar-refractivity contribution in [3.63, 3.8) is 0 Å². The summed E-state index contributed by atoms with van der Waals surface area (Å²) >= 11 is 3.47. The van der Waals surface area contributed by atoms with Gasteiger partial charge in [-0.15, -0.1) is 0 Å². The molecule has 0 aliphatic carbocycles. The molecule has 3 aromatic rings. The minimum atomic E-state index is -0.176. The maximum Gasteiger partial charge on any atom is 0.0645 e. The van der Waals surface area contributed by atoms with E-state index in [1.165, 1.54) is 0 Å². The molecule has 2 aromatic carbocycles. The van der Waals surface area contributed by atoms with Crippen LogP contribution in [0.2, 0.25) is 0 Å². The van der Waals surface area contributed by atoms with Crippen molar-refractivity contribution in [2.45, 2.75) is 6.04 Å². The van der Waals surface area contributed by atoms with Crippen LogP contribution >= 0.6 is 15.9 Å². The van der Waals surface area contributed by atoms with Gasteiger partial charge in [-0.1, -0.05) is 46.3 Å². The van der Waals surface area contributed by atoms with Gasteiger partial charge >= 0.3 is 0 Å². The van der Waals surface area contributed by atoms with Crippen molar-refractivity contribution in [2.24, 2.45) is 5.73 Å². The lowest BCUT2D eigenvalue weighted by Gasteiger charge is -2.10. The molecule has 100 valence electrons. The largest absolute Gasteiger partial charge is 0.320 e. The number of rotatable bonds is 3. The molecule has 0 amide bonds. The Hall–Kier alpha value is -1.91. The van der Waals surface area contributed by atoms with Gasteiger partial charge in [0.2, 0.25) is 0 Å². The summed E-state index contributed by atoms with van der Waals surface area (Å²) < 4.78 is 2.87. The molecule has 1 unspecified atom stereocenters. The van der Waals surface area contributed by atoms with E-state index in [1.807, 2.05) is 71.7 Å². The van der Waals surface area contributed by atoms with Crippen LogP contribution in [0.5, 0.6) is 0 Å². The molecule has 0 aliphatic heterocycles. The second kappa shape index (κ2) is 5.61. The Kier molecular flexibility index (Phi) is 3.67. The normalized spacial score (nSPS) is 12.3. The number of hydrogen-bond donors (Lipinski definition) is 1. The molecule has 0 saturated heterocycles. The van der Waals surface area contributed by atoms with Gasteiger partial charge in [-0.3, -0.25) is 0 Å². The first-order valence-electron chi connectivity index (χ1n) is 6.35. The molecule has 0 radical (unpaired) electrons. The van der Waals surface area contributed by atoms with E-state index in [0.29, 0.717) is 0 Å². The lowest BCUT2D eigenvalue weighted by Crippen LogP contribution is -2.10. The molecule has 1 heterocycles. The summed E-state index contributed by atoms with van der Waals surface area (Å²) in [5, 5.41) is 4.38. The minimum Gasteiger partial charge on any atom is -0.320 e. The Morgan fingerprint density at radius 3 is 2.55 bits per heavy atom. The maximum atomic E-state index is 6.30. The highest BCUT2D eigenvalue weighted by Gasteiger charge is 2.11. The first-order valence-corrected chi connectivity index (χ1v) is 7.14. The van der Waals surface area contributed by atoms with Gasteiger partial charge in [0.05, 0.1) is 17.9 Å². The summed E-state index contributed by atoms with van der Waals surface area (Å²) in [6.07, 6.45) is 3.79. The summed E-state index contributed by atoms with van der Waals surface area (Å²) in [4.78, 5) is 0. The molecule has 0 bridgehead atoms. The summed E-state index contributed by atoms with van der Waals surface area (Å²) in [5.74, 6) is 0. The molecule has 1 aromatic heterocycles. The maximum absolute atomic E-state index is 6.30. The average Bonchev–Trinajstić information content (AvgIpc) is 2.97. The molecule has 2 N–H and O–H groups in total. The fraction of sp³-hybridized carbons (Fsp3) is 0.0625. The third kappa shape index (κ3) is 2.66. The SMILES string of the molecule is NC(c1cccc(Br)c1)c1cnn(-c2ccccc2)c1. The van der Waals surface area contributed by atoms with Crippen LogP contribution in [0, 0.1) is 0 Å². The quantitative estimate of drug-likeness (QED) is 0.797. The van der Waals surface area contributed by atoms with E-state index >= 15 is 0 Å². The number of nitrogens with two attached hydrogens (primary N) is 1. The highest BCUT2D eigenvalue weighted by molar-refractivity contribution is 9.10. The molecule has 0 saturated carbocycles. The summed E-state index contributed by atoms with van der Waals surface area (Å²) in [6, 6.07) is 17.9. The molecule has 3 rings (SSSR count). The molecule has 0 aliphatic rings. The number of aromatic nitrogens is 2. The number of halogens is 1. The van der Waals surface area contributed by atoms with Crippen LogP contribution in [0.4, 0.5) is 0 Å². The van der Waals surface area contributed by atoms with Crippen molar-refractivity contribution in [3.8, 4) is 5.69 Å². The predicted octanol–water partition coefficient (Wildman–Crippen LogP) is 3.68. The molecule has 1 atom stereocenters. The highest BCUT2D eigenvalue weighted by Crippen LogP contribution is 2.22. The van der Waals surface area contributed by atoms with Crippen LogP contribution in [-0.2, 0) is 0 Å². The van der Waals surface area contributed by atoms with E-state index in [4.69, 9.17) is 5.73 Å². The van der Waals surface area contributed by atoms with Gasteiger partial charge in [0, 0.05) is 16.2 Å². The zero-order valence-electron chi connectivity index (χ0n) is 10.8. The highest BCUT2D eigenvalue weighted by atomic mass is 79.9. The summed E-state index contributed by atoms with van der Waals surface area (Å²) in [5.41, 5.74) is 9.38. The molecule has 20 heavy (non-hydrogen) atoms. The Labute approximate surface area is 126 Å². The average molecular weight is 328 g/mol. The Balaban J connectivity index is 1.90. The van der Waals surface area contributed by atoms with Crippen LogP contribution in [0.3, 0.4) is 0 Å². The molecule has 3 nitrogen and oxygen atoms in total. The van der Waals surface area contributed by atoms with Crippen LogP contribution < -0.4 is 5.73 Å². The van der Waals surface area contributed by atoms with E-state index < -0.39 is 0 Å². The van der Waals surface area contributed by atoms with E-state index in [0.717, 1.165) is 21.3 Å². The van der Waals surface area contributed by atoms with E-state index in [2.05, 4.69) is 21.0 Å². The predicted molar refractivity (Wildman–Crippen MR) is 83.7 cm³/mol.